The number of benzene rings is 2. The summed E-state index contributed by atoms with van der Waals surface area (Å²) in [7, 11) is 0. The molecule has 0 radical (unpaired) electrons. The van der Waals surface area contributed by atoms with E-state index < -0.39 is 5.60 Å². The topological polar surface area (TPSA) is 55.8 Å². The third-order valence-electron chi connectivity index (χ3n) is 4.58. The van der Waals surface area contributed by atoms with Crippen LogP contribution in [0.3, 0.4) is 0 Å². The van der Waals surface area contributed by atoms with E-state index in [0.29, 0.717) is 35.0 Å². The zero-order valence-electron chi connectivity index (χ0n) is 17.4. The number of ether oxygens (including phenoxy) is 2. The van der Waals surface area contributed by atoms with Crippen LogP contribution in [0.4, 0.5) is 0 Å². The molecule has 0 aromatic heterocycles. The number of carbonyl (C=O) groups excluding carboxylic acids is 1. The molecular formula is C25H28O4. The number of allylic oxidation sites excluding steroid dienone is 1. The molecule has 0 saturated heterocycles. The van der Waals surface area contributed by atoms with Crippen LogP contribution in [0.2, 0.25) is 0 Å². The van der Waals surface area contributed by atoms with E-state index in [2.05, 4.69) is 13.8 Å². The number of rotatable bonds is 6. The van der Waals surface area contributed by atoms with E-state index in [0.717, 1.165) is 5.56 Å². The van der Waals surface area contributed by atoms with Crippen LogP contribution >= 0.6 is 0 Å². The molecule has 4 nitrogen and oxygen atoms in total. The lowest BCUT2D eigenvalue weighted by Crippen LogP contribution is -2.21. The lowest BCUT2D eigenvalue weighted by Gasteiger charge is -2.28. The zero-order valence-corrected chi connectivity index (χ0v) is 17.4. The number of ketones is 1. The van der Waals surface area contributed by atoms with Gasteiger partial charge in [0.2, 0.25) is 0 Å². The number of fused-ring (bicyclic) bond motifs is 1. The molecule has 0 amide bonds. The Labute approximate surface area is 172 Å². The first-order valence-electron chi connectivity index (χ1n) is 9.91. The molecular weight excluding hydrogens is 364 g/mol. The number of aliphatic hydroxyl groups is 1. The van der Waals surface area contributed by atoms with Crippen LogP contribution in [0, 0.1) is 5.92 Å². The molecule has 0 fully saturated rings. The van der Waals surface area contributed by atoms with Crippen molar-refractivity contribution in [3.8, 4) is 11.5 Å². The number of carbonyl (C=O) groups is 1. The molecule has 3 rings (SSSR count). The van der Waals surface area contributed by atoms with Gasteiger partial charge in [0.1, 0.15) is 17.6 Å². The molecule has 0 spiro atoms. The van der Waals surface area contributed by atoms with Crippen molar-refractivity contribution in [2.75, 3.05) is 0 Å². The molecule has 152 valence electrons. The van der Waals surface area contributed by atoms with Crippen LogP contribution in [0.5, 0.6) is 11.5 Å². The van der Waals surface area contributed by atoms with E-state index in [1.54, 1.807) is 44.4 Å². The predicted molar refractivity (Wildman–Crippen MR) is 115 cm³/mol. The summed E-state index contributed by atoms with van der Waals surface area (Å²) in [5, 5.41) is 10.2. The van der Waals surface area contributed by atoms with Gasteiger partial charge >= 0.3 is 0 Å². The first-order valence-corrected chi connectivity index (χ1v) is 9.91. The molecule has 1 atom stereocenters. The van der Waals surface area contributed by atoms with Gasteiger partial charge in [-0.2, -0.15) is 0 Å². The highest BCUT2D eigenvalue weighted by Crippen LogP contribution is 2.42. The quantitative estimate of drug-likeness (QED) is 0.638. The maximum absolute atomic E-state index is 12.8. The average Bonchev–Trinajstić information content (AvgIpc) is 2.66. The Hall–Kier alpha value is -2.85. The van der Waals surface area contributed by atoms with Gasteiger partial charge in [-0.3, -0.25) is 4.79 Å². The van der Waals surface area contributed by atoms with E-state index in [4.69, 9.17) is 9.47 Å². The minimum absolute atomic E-state index is 0.0299. The molecule has 1 heterocycles. The molecule has 0 bridgehead atoms. The minimum Gasteiger partial charge on any atom is -0.484 e. The van der Waals surface area contributed by atoms with Gasteiger partial charge < -0.3 is 14.6 Å². The number of hydrogen-bond acceptors (Lipinski definition) is 4. The summed E-state index contributed by atoms with van der Waals surface area (Å²) in [6, 6.07) is 13.2. The van der Waals surface area contributed by atoms with Crippen molar-refractivity contribution in [1.29, 1.82) is 0 Å². The minimum atomic E-state index is -1.01. The van der Waals surface area contributed by atoms with Crippen molar-refractivity contribution in [3.63, 3.8) is 0 Å². The smallest absolute Gasteiger partial charge is 0.170 e. The van der Waals surface area contributed by atoms with Crippen molar-refractivity contribution < 1.29 is 19.4 Å². The predicted octanol–water partition coefficient (Wildman–Crippen LogP) is 5.73. The van der Waals surface area contributed by atoms with Crippen LogP contribution in [-0.4, -0.2) is 16.5 Å². The summed E-state index contributed by atoms with van der Waals surface area (Å²) in [5.41, 5.74) is 1.13. The van der Waals surface area contributed by atoms with Gasteiger partial charge in [-0.25, -0.2) is 0 Å². The van der Waals surface area contributed by atoms with Gasteiger partial charge in [-0.05, 0) is 49.6 Å². The Bertz CT molecular complexity index is 918. The summed E-state index contributed by atoms with van der Waals surface area (Å²) in [4.78, 5) is 12.8. The standard InChI is InChI=1S/C25H28O4/c1-17(2)13-15-28-22-11-10-19-21(26)16-23(18-8-6-5-7-9-18)29-24(19)20(22)12-14-25(3,4)27/h5-15,17,23,27H,16H2,1-4H3. The van der Waals surface area contributed by atoms with Crippen LogP contribution in [0.15, 0.2) is 60.9 Å². The van der Waals surface area contributed by atoms with E-state index in [-0.39, 0.29) is 11.9 Å². The molecule has 2 aromatic rings. The summed E-state index contributed by atoms with van der Waals surface area (Å²) in [6.07, 6.45) is 6.96. The highest BCUT2D eigenvalue weighted by molar-refractivity contribution is 6.01. The monoisotopic (exact) mass is 392 g/mol. The summed E-state index contributed by atoms with van der Waals surface area (Å²) in [5.74, 6) is 1.44. The highest BCUT2D eigenvalue weighted by atomic mass is 16.5. The maximum Gasteiger partial charge on any atom is 0.170 e. The van der Waals surface area contributed by atoms with Crippen molar-refractivity contribution in [1.82, 2.24) is 0 Å². The molecule has 29 heavy (non-hydrogen) atoms. The number of Topliss-reactive ketones (excluding diaryl/α,β-unsaturated/α-hetero) is 1. The van der Waals surface area contributed by atoms with E-state index >= 15 is 0 Å². The molecule has 1 unspecified atom stereocenters. The fraction of sp³-hybridized carbons (Fsp3) is 0.320. The normalized spacial score (nSPS) is 17.0. The highest BCUT2D eigenvalue weighted by Gasteiger charge is 2.30. The lowest BCUT2D eigenvalue weighted by molar-refractivity contribution is 0.0849. The second-order valence-electron chi connectivity index (χ2n) is 8.18. The first kappa shape index (κ1) is 20.9. The maximum atomic E-state index is 12.8. The summed E-state index contributed by atoms with van der Waals surface area (Å²) >= 11 is 0. The molecule has 1 N–H and O–H groups in total. The zero-order chi connectivity index (χ0) is 21.0. The Balaban J connectivity index is 2.06. The van der Waals surface area contributed by atoms with Crippen molar-refractivity contribution >= 4 is 11.9 Å². The molecule has 1 aliphatic rings. The molecule has 2 aromatic carbocycles. The van der Waals surface area contributed by atoms with Crippen molar-refractivity contribution in [3.05, 3.63) is 77.6 Å². The van der Waals surface area contributed by atoms with E-state index in [9.17, 15) is 9.90 Å². The third-order valence-corrected chi connectivity index (χ3v) is 4.58. The molecule has 1 aliphatic heterocycles. The largest absolute Gasteiger partial charge is 0.484 e. The number of hydrogen-bond donors (Lipinski definition) is 1. The van der Waals surface area contributed by atoms with Crippen LogP contribution in [-0.2, 0) is 0 Å². The third kappa shape index (κ3) is 5.36. The lowest BCUT2D eigenvalue weighted by atomic mass is 9.93. The average molecular weight is 392 g/mol. The Morgan fingerprint density at radius 1 is 1.17 bits per heavy atom. The van der Waals surface area contributed by atoms with Gasteiger partial charge in [-0.15, -0.1) is 0 Å². The van der Waals surface area contributed by atoms with Gasteiger partial charge in [0.15, 0.2) is 5.78 Å². The Morgan fingerprint density at radius 2 is 1.90 bits per heavy atom. The molecule has 0 saturated carbocycles. The first-order chi connectivity index (χ1) is 13.7. The molecule has 4 heteroatoms. The second-order valence-corrected chi connectivity index (χ2v) is 8.18. The van der Waals surface area contributed by atoms with E-state index in [1.165, 1.54) is 0 Å². The van der Waals surface area contributed by atoms with Crippen LogP contribution in [0.25, 0.3) is 6.08 Å². The van der Waals surface area contributed by atoms with Gasteiger partial charge in [0.25, 0.3) is 0 Å². The van der Waals surface area contributed by atoms with Crippen molar-refractivity contribution in [2.45, 2.75) is 45.8 Å². The fourth-order valence-electron chi connectivity index (χ4n) is 3.06. The summed E-state index contributed by atoms with van der Waals surface area (Å²) in [6.45, 7) is 7.51. The fourth-order valence-corrected chi connectivity index (χ4v) is 3.06. The Kier molecular flexibility index (Phi) is 6.23. The van der Waals surface area contributed by atoms with Gasteiger partial charge in [0, 0.05) is 0 Å². The second kappa shape index (κ2) is 8.66. The van der Waals surface area contributed by atoms with Gasteiger partial charge in [-0.1, -0.05) is 50.3 Å². The van der Waals surface area contributed by atoms with Crippen LogP contribution in [0.1, 0.15) is 61.7 Å². The van der Waals surface area contributed by atoms with Gasteiger partial charge in [0.05, 0.1) is 29.4 Å². The van der Waals surface area contributed by atoms with E-state index in [1.807, 2.05) is 36.4 Å². The summed E-state index contributed by atoms with van der Waals surface area (Å²) < 4.78 is 12.1. The van der Waals surface area contributed by atoms with Crippen molar-refractivity contribution in [2.24, 2.45) is 5.92 Å². The van der Waals surface area contributed by atoms with Crippen LogP contribution < -0.4 is 9.47 Å². The SMILES string of the molecule is CC(C)C=COc1ccc2c(c1C=CC(C)(C)O)OC(c1ccccc1)CC2=O. The molecule has 0 aliphatic carbocycles. The Morgan fingerprint density at radius 3 is 2.55 bits per heavy atom.